The van der Waals surface area contributed by atoms with Crippen molar-refractivity contribution in [2.24, 2.45) is 5.73 Å². The maximum atomic E-state index is 13.5. The summed E-state index contributed by atoms with van der Waals surface area (Å²) in [6, 6.07) is 5.91. The summed E-state index contributed by atoms with van der Waals surface area (Å²) in [7, 11) is 0. The third kappa shape index (κ3) is 4.53. The molecule has 4 heterocycles. The molecular weight excluding hydrogens is 494 g/mol. The lowest BCUT2D eigenvalue weighted by Crippen LogP contribution is -2.22. The van der Waals surface area contributed by atoms with Crippen LogP contribution in [0.3, 0.4) is 0 Å². The Kier molecular flexibility index (Phi) is 6.41. The number of hydrogen-bond acceptors (Lipinski definition) is 6. The first-order chi connectivity index (χ1) is 16.0. The third-order valence-corrected chi connectivity index (χ3v) is 6.98. The van der Waals surface area contributed by atoms with E-state index in [1.54, 1.807) is 12.1 Å². The molecule has 2 amide bonds. The molecule has 0 aromatic carbocycles. The normalized spacial score (nSPS) is 11.6. The van der Waals surface area contributed by atoms with E-state index in [-0.39, 0.29) is 20.8 Å². The number of hydrogen-bond donors (Lipinski definition) is 2. The molecule has 4 aromatic heterocycles. The van der Waals surface area contributed by atoms with E-state index in [4.69, 9.17) is 5.73 Å². The molecule has 0 radical (unpaired) electrons. The fraction of sp³-hybridized carbons (Fsp3) is 0.238. The number of anilines is 1. The average molecular weight is 512 g/mol. The summed E-state index contributed by atoms with van der Waals surface area (Å²) in [5, 5.41) is 6.73. The van der Waals surface area contributed by atoms with Crippen LogP contribution in [0.25, 0.3) is 20.7 Å². The highest BCUT2D eigenvalue weighted by molar-refractivity contribution is 7.21. The summed E-state index contributed by atoms with van der Waals surface area (Å²) >= 11 is 2.11. The second-order valence-electron chi connectivity index (χ2n) is 7.37. The minimum Gasteiger partial charge on any atom is -0.365 e. The Balaban J connectivity index is 1.84. The third-order valence-electron chi connectivity index (χ3n) is 4.85. The van der Waals surface area contributed by atoms with Crippen LogP contribution >= 0.6 is 22.7 Å². The summed E-state index contributed by atoms with van der Waals surface area (Å²) < 4.78 is 54.5. The fourth-order valence-electron chi connectivity index (χ4n) is 3.48. The molecule has 0 aliphatic heterocycles. The molecule has 34 heavy (non-hydrogen) atoms. The molecule has 7 nitrogen and oxygen atoms in total. The van der Waals surface area contributed by atoms with Crippen LogP contribution in [0.15, 0.2) is 24.3 Å². The number of thiophene rings is 2. The first kappa shape index (κ1) is 23.8. The number of fused-ring (bicyclic) bond motifs is 1. The number of rotatable bonds is 7. The van der Waals surface area contributed by atoms with Crippen molar-refractivity contribution in [1.82, 2.24) is 14.8 Å². The molecule has 0 unspecified atom stereocenters. The Labute approximate surface area is 198 Å². The van der Waals surface area contributed by atoms with Crippen molar-refractivity contribution in [2.45, 2.75) is 33.2 Å². The maximum Gasteiger partial charge on any atom is 0.280 e. The Hall–Kier alpha value is -3.32. The zero-order chi connectivity index (χ0) is 24.7. The quantitative estimate of drug-likeness (QED) is 0.322. The Morgan fingerprint density at radius 2 is 1.85 bits per heavy atom. The van der Waals surface area contributed by atoms with E-state index in [1.807, 2.05) is 6.92 Å². The molecule has 0 aliphatic carbocycles. The first-order valence-corrected chi connectivity index (χ1v) is 11.4. The van der Waals surface area contributed by atoms with Gasteiger partial charge in [-0.3, -0.25) is 14.3 Å². The van der Waals surface area contributed by atoms with Gasteiger partial charge in [0.05, 0.1) is 11.4 Å². The van der Waals surface area contributed by atoms with Crippen molar-refractivity contribution < 1.29 is 27.2 Å². The van der Waals surface area contributed by atoms with Crippen molar-refractivity contribution >= 4 is 50.4 Å². The largest absolute Gasteiger partial charge is 0.365 e. The lowest BCUT2D eigenvalue weighted by molar-refractivity contribution is -0.117. The summed E-state index contributed by atoms with van der Waals surface area (Å²) in [6.07, 6.45) is -5.71. The number of nitrogens with two attached hydrogens (primary N) is 1. The average Bonchev–Trinajstić information content (AvgIpc) is 3.44. The van der Waals surface area contributed by atoms with Crippen molar-refractivity contribution in [2.75, 3.05) is 5.32 Å². The summed E-state index contributed by atoms with van der Waals surface area (Å²) in [4.78, 5) is 30.4. The molecule has 0 aliphatic rings. The van der Waals surface area contributed by atoms with E-state index in [9.17, 15) is 27.2 Å². The lowest BCUT2D eigenvalue weighted by Gasteiger charge is -2.11. The van der Waals surface area contributed by atoms with Crippen LogP contribution in [0.4, 0.5) is 23.2 Å². The highest BCUT2D eigenvalue weighted by Crippen LogP contribution is 2.44. The zero-order valence-corrected chi connectivity index (χ0v) is 19.4. The van der Waals surface area contributed by atoms with E-state index < -0.39 is 42.6 Å². The summed E-state index contributed by atoms with van der Waals surface area (Å²) in [6.45, 7) is 2.80. The summed E-state index contributed by atoms with van der Waals surface area (Å²) in [5.41, 5.74) is 5.22. The van der Waals surface area contributed by atoms with Crippen LogP contribution in [0.5, 0.6) is 0 Å². The van der Waals surface area contributed by atoms with Gasteiger partial charge in [0, 0.05) is 20.7 Å². The number of amides is 2. The van der Waals surface area contributed by atoms with Gasteiger partial charge in [0.15, 0.2) is 0 Å². The fourth-order valence-corrected chi connectivity index (χ4v) is 5.38. The van der Waals surface area contributed by atoms with E-state index in [0.717, 1.165) is 20.9 Å². The van der Waals surface area contributed by atoms with Crippen LogP contribution in [0, 0.1) is 13.8 Å². The van der Waals surface area contributed by atoms with Gasteiger partial charge in [0.2, 0.25) is 5.91 Å². The minimum atomic E-state index is -2.86. The van der Waals surface area contributed by atoms with E-state index in [0.29, 0.717) is 16.1 Å². The van der Waals surface area contributed by atoms with Crippen molar-refractivity contribution in [3.05, 3.63) is 51.1 Å². The summed E-state index contributed by atoms with van der Waals surface area (Å²) in [5.74, 6) is -1.65. The number of nitrogens with one attached hydrogen (secondary N) is 1. The molecular formula is C21H17F4N5O2S2. The van der Waals surface area contributed by atoms with Gasteiger partial charge in [-0.25, -0.2) is 22.5 Å². The van der Waals surface area contributed by atoms with Crippen LogP contribution < -0.4 is 11.1 Å². The van der Waals surface area contributed by atoms with Gasteiger partial charge in [-0.05, 0) is 38.1 Å². The van der Waals surface area contributed by atoms with E-state index >= 15 is 0 Å². The highest BCUT2D eigenvalue weighted by Gasteiger charge is 2.26. The SMILES string of the molecule is Cc1cc(C(F)F)n(CC(=O)Nc2c(C(N)=O)sc3nc(C(F)F)cc(-c4ccc(C)s4)c23)n1. The lowest BCUT2D eigenvalue weighted by atomic mass is 10.1. The second-order valence-corrected chi connectivity index (χ2v) is 9.66. The number of alkyl halides is 4. The molecule has 4 rings (SSSR count). The van der Waals surface area contributed by atoms with Crippen molar-refractivity contribution in [1.29, 1.82) is 0 Å². The van der Waals surface area contributed by atoms with Gasteiger partial charge in [-0.1, -0.05) is 0 Å². The van der Waals surface area contributed by atoms with Gasteiger partial charge in [-0.15, -0.1) is 22.7 Å². The van der Waals surface area contributed by atoms with Gasteiger partial charge >= 0.3 is 0 Å². The molecule has 0 saturated heterocycles. The molecule has 0 atom stereocenters. The van der Waals surface area contributed by atoms with Crippen LogP contribution in [0.1, 0.15) is 44.5 Å². The Morgan fingerprint density at radius 3 is 2.44 bits per heavy atom. The number of halogens is 4. The predicted molar refractivity (Wildman–Crippen MR) is 122 cm³/mol. The van der Waals surface area contributed by atoms with Gasteiger partial charge < -0.3 is 11.1 Å². The molecule has 0 spiro atoms. The van der Waals surface area contributed by atoms with Gasteiger partial charge in [-0.2, -0.15) is 5.10 Å². The van der Waals surface area contributed by atoms with Crippen molar-refractivity contribution in [3.8, 4) is 10.4 Å². The number of aromatic nitrogens is 3. The molecule has 0 bridgehead atoms. The van der Waals surface area contributed by atoms with Gasteiger partial charge in [0.1, 0.15) is 27.6 Å². The van der Waals surface area contributed by atoms with Gasteiger partial charge in [0.25, 0.3) is 18.8 Å². The molecule has 178 valence electrons. The molecule has 0 saturated carbocycles. The topological polar surface area (TPSA) is 103 Å². The molecule has 4 aromatic rings. The van der Waals surface area contributed by atoms with Crippen LogP contribution in [0.2, 0.25) is 0 Å². The van der Waals surface area contributed by atoms with Crippen LogP contribution in [-0.4, -0.2) is 26.6 Å². The number of nitrogens with zero attached hydrogens (tertiary/aromatic N) is 3. The Morgan fingerprint density at radius 1 is 1.12 bits per heavy atom. The standard InChI is InChI=1S/C21H17F4N5O2S2/c1-8-5-12(19(24)25)30(29-8)7-14(31)28-16-15-10(13-4-3-9(2)33-13)6-11(18(22)23)27-21(15)34-17(16)20(26)32/h3-6,18-19H,7H2,1-2H3,(H2,26,32)(H,28,31). The first-order valence-electron chi connectivity index (χ1n) is 9.79. The monoisotopic (exact) mass is 511 g/mol. The number of aryl methyl sites for hydroxylation is 2. The zero-order valence-electron chi connectivity index (χ0n) is 17.7. The minimum absolute atomic E-state index is 0.00524. The number of carbonyl (C=O) groups is 2. The van der Waals surface area contributed by atoms with Crippen molar-refractivity contribution in [3.63, 3.8) is 0 Å². The highest BCUT2D eigenvalue weighted by atomic mass is 32.1. The molecule has 3 N–H and O–H groups in total. The second kappa shape index (κ2) is 9.14. The number of carbonyl (C=O) groups excluding carboxylic acids is 2. The number of pyridine rings is 1. The molecule has 13 heteroatoms. The smallest absolute Gasteiger partial charge is 0.280 e. The van der Waals surface area contributed by atoms with E-state index in [2.05, 4.69) is 15.4 Å². The number of primary amides is 1. The van der Waals surface area contributed by atoms with E-state index in [1.165, 1.54) is 30.4 Å². The molecule has 0 fully saturated rings. The van der Waals surface area contributed by atoms with Crippen LogP contribution in [-0.2, 0) is 11.3 Å². The maximum absolute atomic E-state index is 13.5. The Bertz CT molecular complexity index is 1410. The predicted octanol–water partition coefficient (Wildman–Crippen LogP) is 5.45.